The molecular formula is C12H23N3O4. The molecule has 0 aliphatic heterocycles. The lowest BCUT2D eigenvalue weighted by Gasteiger charge is -2.41. The number of nitrogens with two attached hydrogens (primary N) is 1. The number of hydrogen-bond acceptors (Lipinski definition) is 5. The van der Waals surface area contributed by atoms with E-state index in [4.69, 9.17) is 10.6 Å². The zero-order valence-corrected chi connectivity index (χ0v) is 11.8. The monoisotopic (exact) mass is 273 g/mol. The van der Waals surface area contributed by atoms with E-state index < -0.39 is 16.7 Å². The molecule has 0 saturated heterocycles. The summed E-state index contributed by atoms with van der Waals surface area (Å²) in [6.07, 6.45) is 2.59. The molecule has 1 aliphatic rings. The van der Waals surface area contributed by atoms with Crippen molar-refractivity contribution in [1.82, 2.24) is 4.90 Å². The molecule has 1 rings (SSSR count). The summed E-state index contributed by atoms with van der Waals surface area (Å²) >= 11 is 0. The van der Waals surface area contributed by atoms with Crippen LogP contribution in [-0.2, 0) is 9.63 Å². The van der Waals surface area contributed by atoms with Crippen molar-refractivity contribution in [3.63, 3.8) is 0 Å². The van der Waals surface area contributed by atoms with Gasteiger partial charge in [0.2, 0.25) is 5.91 Å². The van der Waals surface area contributed by atoms with Gasteiger partial charge in [-0.3, -0.25) is 4.79 Å². The van der Waals surface area contributed by atoms with Gasteiger partial charge in [0.25, 0.3) is 5.09 Å². The predicted molar refractivity (Wildman–Crippen MR) is 69.8 cm³/mol. The summed E-state index contributed by atoms with van der Waals surface area (Å²) in [5.41, 5.74) is 5.42. The first kappa shape index (κ1) is 15.7. The second kappa shape index (κ2) is 6.18. The van der Waals surface area contributed by atoms with Gasteiger partial charge in [0.15, 0.2) is 0 Å². The number of hydrogen-bond donors (Lipinski definition) is 1. The predicted octanol–water partition coefficient (Wildman–Crippen LogP) is 1.09. The number of amides is 1. The van der Waals surface area contributed by atoms with E-state index in [0.29, 0.717) is 19.4 Å². The van der Waals surface area contributed by atoms with E-state index in [-0.39, 0.29) is 11.9 Å². The molecule has 0 aromatic rings. The number of rotatable bonds is 5. The summed E-state index contributed by atoms with van der Waals surface area (Å²) < 4.78 is 0. The molecule has 0 heterocycles. The van der Waals surface area contributed by atoms with E-state index >= 15 is 0 Å². The Kier molecular flexibility index (Phi) is 5.11. The van der Waals surface area contributed by atoms with E-state index in [1.807, 2.05) is 13.8 Å². The topological polar surface area (TPSA) is 98.7 Å². The normalized spacial score (nSPS) is 23.8. The van der Waals surface area contributed by atoms with Crippen LogP contribution < -0.4 is 5.73 Å². The highest BCUT2D eigenvalue weighted by Gasteiger charge is 2.35. The van der Waals surface area contributed by atoms with Crippen molar-refractivity contribution in [2.45, 2.75) is 64.1 Å². The summed E-state index contributed by atoms with van der Waals surface area (Å²) in [5.74, 6) is -0.123. The fourth-order valence-electron chi connectivity index (χ4n) is 2.57. The Hall–Kier alpha value is -1.37. The Bertz CT molecular complexity index is 340. The molecule has 0 spiro atoms. The van der Waals surface area contributed by atoms with Crippen molar-refractivity contribution >= 4 is 5.91 Å². The zero-order valence-electron chi connectivity index (χ0n) is 11.8. The van der Waals surface area contributed by atoms with E-state index in [2.05, 4.69) is 0 Å². The Morgan fingerprint density at radius 3 is 2.53 bits per heavy atom. The van der Waals surface area contributed by atoms with Gasteiger partial charge in [-0.2, -0.15) is 0 Å². The standard InChI is InChI=1S/C12H23N3O4/c1-9(16)14(8-12(2,3)13)10-6-4-5-7-11(10)19-15(17)18/h10-11H,4-8,13H2,1-3H3/t10-,11-/m1/s1. The van der Waals surface area contributed by atoms with Gasteiger partial charge < -0.3 is 15.5 Å². The zero-order chi connectivity index (χ0) is 14.6. The van der Waals surface area contributed by atoms with Gasteiger partial charge in [0.05, 0.1) is 6.04 Å². The van der Waals surface area contributed by atoms with Crippen molar-refractivity contribution in [1.29, 1.82) is 0 Å². The Labute approximate surface area is 113 Å². The van der Waals surface area contributed by atoms with E-state index in [0.717, 1.165) is 12.8 Å². The van der Waals surface area contributed by atoms with E-state index in [1.54, 1.807) is 4.90 Å². The number of carbonyl (C=O) groups is 1. The van der Waals surface area contributed by atoms with Gasteiger partial charge in [0.1, 0.15) is 6.10 Å². The van der Waals surface area contributed by atoms with Crippen molar-refractivity contribution in [3.8, 4) is 0 Å². The van der Waals surface area contributed by atoms with Crippen LogP contribution in [0.1, 0.15) is 46.5 Å². The van der Waals surface area contributed by atoms with Gasteiger partial charge in [0, 0.05) is 19.0 Å². The van der Waals surface area contributed by atoms with Gasteiger partial charge in [-0.15, -0.1) is 10.1 Å². The molecular weight excluding hydrogens is 250 g/mol. The second-order valence-corrected chi connectivity index (χ2v) is 5.85. The number of nitrogens with zero attached hydrogens (tertiary/aromatic N) is 2. The maximum atomic E-state index is 11.8. The third-order valence-electron chi connectivity index (χ3n) is 3.27. The average Bonchev–Trinajstić information content (AvgIpc) is 2.24. The molecule has 0 aromatic heterocycles. The highest BCUT2D eigenvalue weighted by molar-refractivity contribution is 5.73. The summed E-state index contributed by atoms with van der Waals surface area (Å²) in [6, 6.07) is -0.264. The third kappa shape index (κ3) is 5.02. The smallest absolute Gasteiger partial charge is 0.294 e. The summed E-state index contributed by atoms with van der Waals surface area (Å²) in [7, 11) is 0. The van der Waals surface area contributed by atoms with Gasteiger partial charge in [-0.1, -0.05) is 12.8 Å². The average molecular weight is 273 g/mol. The van der Waals surface area contributed by atoms with Crippen LogP contribution in [0, 0.1) is 10.1 Å². The Morgan fingerprint density at radius 1 is 1.47 bits per heavy atom. The quantitative estimate of drug-likeness (QED) is 0.597. The molecule has 0 bridgehead atoms. The molecule has 1 amide bonds. The Balaban J connectivity index is 2.84. The first-order valence-corrected chi connectivity index (χ1v) is 6.58. The molecule has 7 heteroatoms. The highest BCUT2D eigenvalue weighted by atomic mass is 17.0. The number of carbonyl (C=O) groups excluding carboxylic acids is 1. The van der Waals surface area contributed by atoms with Crippen LogP contribution in [0.25, 0.3) is 0 Å². The molecule has 1 saturated carbocycles. The minimum Gasteiger partial charge on any atom is -0.336 e. The molecule has 7 nitrogen and oxygen atoms in total. The lowest BCUT2D eigenvalue weighted by Crippen LogP contribution is -2.55. The van der Waals surface area contributed by atoms with E-state index in [9.17, 15) is 14.9 Å². The maximum absolute atomic E-state index is 11.8. The van der Waals surface area contributed by atoms with Crippen LogP contribution in [0.15, 0.2) is 0 Å². The first-order chi connectivity index (χ1) is 8.70. The lowest BCUT2D eigenvalue weighted by molar-refractivity contribution is -0.770. The van der Waals surface area contributed by atoms with Gasteiger partial charge in [-0.25, -0.2) is 0 Å². The minimum atomic E-state index is -0.769. The third-order valence-corrected chi connectivity index (χ3v) is 3.27. The minimum absolute atomic E-state index is 0.123. The molecule has 110 valence electrons. The largest absolute Gasteiger partial charge is 0.336 e. The van der Waals surface area contributed by atoms with Crippen molar-refractivity contribution in [3.05, 3.63) is 10.1 Å². The SMILES string of the molecule is CC(=O)N(CC(C)(C)N)[C@@H]1CCCC[C@H]1O[N+](=O)[O-]. The highest BCUT2D eigenvalue weighted by Crippen LogP contribution is 2.26. The van der Waals surface area contributed by atoms with E-state index in [1.165, 1.54) is 6.92 Å². The van der Waals surface area contributed by atoms with Crippen LogP contribution in [0.2, 0.25) is 0 Å². The molecule has 2 atom stereocenters. The van der Waals surface area contributed by atoms with Crippen LogP contribution in [-0.4, -0.2) is 40.1 Å². The van der Waals surface area contributed by atoms with Crippen LogP contribution in [0.4, 0.5) is 0 Å². The second-order valence-electron chi connectivity index (χ2n) is 5.85. The summed E-state index contributed by atoms with van der Waals surface area (Å²) in [4.78, 5) is 28.7. The molecule has 0 unspecified atom stereocenters. The van der Waals surface area contributed by atoms with Gasteiger partial charge >= 0.3 is 0 Å². The molecule has 2 N–H and O–H groups in total. The molecule has 0 radical (unpaired) electrons. The molecule has 0 aromatic carbocycles. The van der Waals surface area contributed by atoms with Crippen LogP contribution in [0.5, 0.6) is 0 Å². The Morgan fingerprint density at radius 2 is 2.05 bits per heavy atom. The maximum Gasteiger partial charge on any atom is 0.294 e. The van der Waals surface area contributed by atoms with Gasteiger partial charge in [-0.05, 0) is 26.7 Å². The summed E-state index contributed by atoms with van der Waals surface area (Å²) in [5, 5.41) is 9.78. The van der Waals surface area contributed by atoms with Crippen LogP contribution >= 0.6 is 0 Å². The van der Waals surface area contributed by atoms with Crippen molar-refractivity contribution in [2.24, 2.45) is 5.73 Å². The molecule has 1 fully saturated rings. The van der Waals surface area contributed by atoms with Crippen LogP contribution in [0.3, 0.4) is 0 Å². The summed E-state index contributed by atoms with van der Waals surface area (Å²) in [6.45, 7) is 5.48. The molecule has 19 heavy (non-hydrogen) atoms. The van der Waals surface area contributed by atoms with Crippen molar-refractivity contribution in [2.75, 3.05) is 6.54 Å². The fourth-order valence-corrected chi connectivity index (χ4v) is 2.57. The van der Waals surface area contributed by atoms with Crippen molar-refractivity contribution < 1.29 is 14.7 Å². The fraction of sp³-hybridized carbons (Fsp3) is 0.917. The molecule has 1 aliphatic carbocycles. The lowest BCUT2D eigenvalue weighted by atomic mass is 9.90. The first-order valence-electron chi connectivity index (χ1n) is 6.58.